The Morgan fingerprint density at radius 2 is 2.25 bits per heavy atom. The van der Waals surface area contributed by atoms with Crippen LogP contribution in [0.25, 0.3) is 0 Å². The number of ether oxygens (including phenoxy) is 1. The third kappa shape index (κ3) is 3.76. The summed E-state index contributed by atoms with van der Waals surface area (Å²) in [4.78, 5) is 11.8. The Balaban J connectivity index is 2.34. The van der Waals surface area contributed by atoms with Gasteiger partial charge in [0.15, 0.2) is 0 Å². The molecule has 0 aromatic rings. The second kappa shape index (κ2) is 5.64. The molecule has 1 fully saturated rings. The quantitative estimate of drug-likeness (QED) is 0.747. The normalized spacial score (nSPS) is 22.2. The Morgan fingerprint density at radius 3 is 2.75 bits per heavy atom. The van der Waals surface area contributed by atoms with E-state index in [0.717, 1.165) is 6.54 Å². The molecule has 2 N–H and O–H groups in total. The van der Waals surface area contributed by atoms with Gasteiger partial charge in [-0.3, -0.25) is 4.79 Å². The van der Waals surface area contributed by atoms with Crippen molar-refractivity contribution in [2.45, 2.75) is 33.8 Å². The lowest BCUT2D eigenvalue weighted by atomic mass is 9.81. The summed E-state index contributed by atoms with van der Waals surface area (Å²) in [7, 11) is 0. The minimum absolute atomic E-state index is 0.000856. The Kier molecular flexibility index (Phi) is 4.74. The first-order valence-corrected chi connectivity index (χ1v) is 6.03. The minimum atomic E-state index is -0.322. The van der Waals surface area contributed by atoms with Crippen molar-refractivity contribution < 1.29 is 9.53 Å². The van der Waals surface area contributed by atoms with Crippen molar-refractivity contribution in [2.75, 3.05) is 26.2 Å². The highest BCUT2D eigenvalue weighted by molar-refractivity contribution is 5.81. The molecule has 1 heterocycles. The van der Waals surface area contributed by atoms with Gasteiger partial charge in [0.2, 0.25) is 5.91 Å². The number of carbonyl (C=O) groups excluding carboxylic acids is 1. The van der Waals surface area contributed by atoms with Crippen LogP contribution >= 0.6 is 0 Å². The zero-order chi connectivity index (χ0) is 12.2. The van der Waals surface area contributed by atoms with Crippen LogP contribution in [0.2, 0.25) is 0 Å². The molecule has 1 amide bonds. The van der Waals surface area contributed by atoms with Crippen LogP contribution in [0.15, 0.2) is 0 Å². The van der Waals surface area contributed by atoms with Gasteiger partial charge in [0, 0.05) is 19.6 Å². The summed E-state index contributed by atoms with van der Waals surface area (Å²) in [6.45, 7) is 11.4. The summed E-state index contributed by atoms with van der Waals surface area (Å²) in [5, 5.41) is 6.12. The van der Waals surface area contributed by atoms with Crippen molar-refractivity contribution in [2.24, 2.45) is 11.3 Å². The molecule has 0 bridgehead atoms. The lowest BCUT2D eigenvalue weighted by Crippen LogP contribution is -2.49. The lowest BCUT2D eigenvalue weighted by molar-refractivity contribution is -0.134. The van der Waals surface area contributed by atoms with E-state index in [0.29, 0.717) is 25.6 Å². The smallest absolute Gasteiger partial charge is 0.250 e. The predicted octanol–water partition coefficient (Wildman–Crippen LogP) is 0.773. The van der Waals surface area contributed by atoms with E-state index in [1.165, 1.54) is 0 Å². The second-order valence-electron chi connectivity index (χ2n) is 5.42. The predicted molar refractivity (Wildman–Crippen MR) is 64.2 cm³/mol. The molecule has 0 aliphatic carbocycles. The molecular formula is C12H24N2O2. The summed E-state index contributed by atoms with van der Waals surface area (Å²) in [6, 6.07) is 0. The average molecular weight is 228 g/mol. The topological polar surface area (TPSA) is 50.4 Å². The number of nitrogens with one attached hydrogen (secondary N) is 2. The van der Waals surface area contributed by atoms with Crippen LogP contribution in [0, 0.1) is 11.3 Å². The molecule has 0 aromatic carbocycles. The summed E-state index contributed by atoms with van der Waals surface area (Å²) in [5.74, 6) is 0.541. The molecule has 16 heavy (non-hydrogen) atoms. The maximum Gasteiger partial charge on any atom is 0.250 e. The average Bonchev–Trinajstić information content (AvgIpc) is 2.27. The third-order valence-electron chi connectivity index (χ3n) is 3.50. The first kappa shape index (κ1) is 13.5. The first-order chi connectivity index (χ1) is 7.43. The third-order valence-corrected chi connectivity index (χ3v) is 3.50. The zero-order valence-electron chi connectivity index (χ0n) is 10.8. The van der Waals surface area contributed by atoms with Gasteiger partial charge in [-0.1, -0.05) is 27.7 Å². The van der Waals surface area contributed by atoms with Crippen LogP contribution < -0.4 is 10.6 Å². The number of amides is 1. The number of carbonyl (C=O) groups is 1. The van der Waals surface area contributed by atoms with Gasteiger partial charge < -0.3 is 15.4 Å². The van der Waals surface area contributed by atoms with E-state index in [1.54, 1.807) is 0 Å². The zero-order valence-corrected chi connectivity index (χ0v) is 10.8. The van der Waals surface area contributed by atoms with Gasteiger partial charge >= 0.3 is 0 Å². The van der Waals surface area contributed by atoms with Crippen LogP contribution in [0.1, 0.15) is 27.7 Å². The van der Waals surface area contributed by atoms with Gasteiger partial charge in [0.05, 0.1) is 6.61 Å². The van der Waals surface area contributed by atoms with E-state index in [-0.39, 0.29) is 17.4 Å². The fourth-order valence-corrected chi connectivity index (χ4v) is 1.37. The van der Waals surface area contributed by atoms with E-state index in [4.69, 9.17) is 4.74 Å². The SMILES string of the molecule is CC(C)C(C)(C)CNC(=O)C1CNCCO1. The maximum absolute atomic E-state index is 11.8. The van der Waals surface area contributed by atoms with Crippen LogP contribution in [0.5, 0.6) is 0 Å². The van der Waals surface area contributed by atoms with Gasteiger partial charge in [-0.05, 0) is 11.3 Å². The minimum Gasteiger partial charge on any atom is -0.366 e. The van der Waals surface area contributed by atoms with Gasteiger partial charge in [-0.25, -0.2) is 0 Å². The molecule has 94 valence electrons. The Bertz CT molecular complexity index is 233. The molecule has 1 saturated heterocycles. The van der Waals surface area contributed by atoms with Crippen molar-refractivity contribution in [1.82, 2.24) is 10.6 Å². The molecule has 1 atom stereocenters. The van der Waals surface area contributed by atoms with Crippen molar-refractivity contribution in [3.05, 3.63) is 0 Å². The monoisotopic (exact) mass is 228 g/mol. The summed E-state index contributed by atoms with van der Waals surface area (Å²) >= 11 is 0. The molecule has 0 aromatic heterocycles. The van der Waals surface area contributed by atoms with Crippen molar-refractivity contribution in [1.29, 1.82) is 0 Å². The van der Waals surface area contributed by atoms with Crippen molar-refractivity contribution in [3.8, 4) is 0 Å². The molecule has 1 aliphatic heterocycles. The van der Waals surface area contributed by atoms with E-state index in [9.17, 15) is 4.79 Å². The van der Waals surface area contributed by atoms with Gasteiger partial charge in [-0.2, -0.15) is 0 Å². The second-order valence-corrected chi connectivity index (χ2v) is 5.42. The number of hydrogen-bond donors (Lipinski definition) is 2. The fourth-order valence-electron chi connectivity index (χ4n) is 1.37. The molecule has 0 spiro atoms. The molecule has 4 heteroatoms. The molecule has 1 aliphatic rings. The molecular weight excluding hydrogens is 204 g/mol. The largest absolute Gasteiger partial charge is 0.366 e. The van der Waals surface area contributed by atoms with Gasteiger partial charge in [0.1, 0.15) is 6.10 Å². The molecule has 4 nitrogen and oxygen atoms in total. The maximum atomic E-state index is 11.8. The van der Waals surface area contributed by atoms with Crippen LogP contribution in [0.3, 0.4) is 0 Å². The van der Waals surface area contributed by atoms with E-state index < -0.39 is 0 Å². The van der Waals surface area contributed by atoms with E-state index in [2.05, 4.69) is 38.3 Å². The molecule has 0 radical (unpaired) electrons. The fraction of sp³-hybridized carbons (Fsp3) is 0.917. The Hall–Kier alpha value is -0.610. The van der Waals surface area contributed by atoms with E-state index in [1.807, 2.05) is 0 Å². The summed E-state index contributed by atoms with van der Waals surface area (Å²) in [6.07, 6.45) is -0.322. The molecule has 0 saturated carbocycles. The molecule has 1 rings (SSSR count). The van der Waals surface area contributed by atoms with E-state index >= 15 is 0 Å². The van der Waals surface area contributed by atoms with Crippen LogP contribution in [0.4, 0.5) is 0 Å². The van der Waals surface area contributed by atoms with Crippen molar-refractivity contribution >= 4 is 5.91 Å². The number of hydrogen-bond acceptors (Lipinski definition) is 3. The Morgan fingerprint density at radius 1 is 1.56 bits per heavy atom. The summed E-state index contributed by atoms with van der Waals surface area (Å²) < 4.78 is 5.39. The number of rotatable bonds is 4. The van der Waals surface area contributed by atoms with Gasteiger partial charge in [0.25, 0.3) is 0 Å². The van der Waals surface area contributed by atoms with Gasteiger partial charge in [-0.15, -0.1) is 0 Å². The molecule has 1 unspecified atom stereocenters. The Labute approximate surface area is 98.1 Å². The van der Waals surface area contributed by atoms with Crippen LogP contribution in [-0.2, 0) is 9.53 Å². The van der Waals surface area contributed by atoms with Crippen molar-refractivity contribution in [3.63, 3.8) is 0 Å². The lowest BCUT2D eigenvalue weighted by Gasteiger charge is -2.31. The first-order valence-electron chi connectivity index (χ1n) is 6.03. The number of morpholine rings is 1. The van der Waals surface area contributed by atoms with Crippen LogP contribution in [-0.4, -0.2) is 38.3 Å². The highest BCUT2D eigenvalue weighted by Gasteiger charge is 2.26. The summed E-state index contributed by atoms with van der Waals surface area (Å²) in [5.41, 5.74) is 0.123. The highest BCUT2D eigenvalue weighted by Crippen LogP contribution is 2.24. The standard InChI is InChI=1S/C12H24N2O2/c1-9(2)12(3,4)8-14-11(15)10-7-13-5-6-16-10/h9-10,13H,5-8H2,1-4H3,(H,14,15). The highest BCUT2D eigenvalue weighted by atomic mass is 16.5.